The molecule has 2 heterocycles. The number of aromatic amines is 1. The fourth-order valence-corrected chi connectivity index (χ4v) is 2.63. The third-order valence-electron chi connectivity index (χ3n) is 3.79. The van der Waals surface area contributed by atoms with Gasteiger partial charge in [-0.3, -0.25) is 19.2 Å². The molecule has 1 fully saturated rings. The highest BCUT2D eigenvalue weighted by Gasteiger charge is 2.33. The highest BCUT2D eigenvalue weighted by atomic mass is 16.7. The van der Waals surface area contributed by atoms with Crippen LogP contribution in [0.3, 0.4) is 0 Å². The van der Waals surface area contributed by atoms with Crippen molar-refractivity contribution in [3.8, 4) is 0 Å². The number of nitrogens with zero attached hydrogens (tertiary/aromatic N) is 2. The van der Waals surface area contributed by atoms with Crippen LogP contribution in [-0.4, -0.2) is 21.7 Å². The van der Waals surface area contributed by atoms with Crippen molar-refractivity contribution >= 4 is 0 Å². The third-order valence-corrected chi connectivity index (χ3v) is 3.79. The van der Waals surface area contributed by atoms with E-state index in [1.807, 2.05) is 37.4 Å². The van der Waals surface area contributed by atoms with E-state index in [0.717, 1.165) is 5.56 Å². The Bertz CT molecular complexity index is 751. The molecule has 6 heteroatoms. The van der Waals surface area contributed by atoms with Crippen LogP contribution in [0.4, 0.5) is 0 Å². The molecule has 1 aromatic carbocycles. The largest absolute Gasteiger partial charge is 0.330 e. The molecule has 0 spiro atoms. The summed E-state index contributed by atoms with van der Waals surface area (Å²) in [5, 5.41) is 1.76. The van der Waals surface area contributed by atoms with Crippen LogP contribution in [0.25, 0.3) is 0 Å². The Kier molecular flexibility index (Phi) is 3.48. The predicted octanol–water partition coefficient (Wildman–Crippen LogP) is 1.35. The molecular weight excluding hydrogens is 270 g/mol. The minimum absolute atomic E-state index is 0.0790. The number of hydrogen-bond acceptors (Lipinski definition) is 4. The van der Waals surface area contributed by atoms with Gasteiger partial charge in [-0.1, -0.05) is 30.3 Å². The maximum absolute atomic E-state index is 11.9. The lowest BCUT2D eigenvalue weighted by molar-refractivity contribution is -0.167. The lowest BCUT2D eigenvalue weighted by Crippen LogP contribution is -2.33. The number of hydrogen-bond donors (Lipinski definition) is 1. The van der Waals surface area contributed by atoms with Gasteiger partial charge in [0, 0.05) is 25.2 Å². The molecule has 110 valence electrons. The van der Waals surface area contributed by atoms with Gasteiger partial charge in [0.05, 0.1) is 6.04 Å². The van der Waals surface area contributed by atoms with Crippen LogP contribution in [-0.2, 0) is 4.84 Å². The molecule has 6 nitrogen and oxygen atoms in total. The number of aromatic nitrogens is 2. The molecule has 0 amide bonds. The average molecular weight is 287 g/mol. The maximum Gasteiger partial charge on any atom is 0.330 e. The molecule has 1 aliphatic heterocycles. The van der Waals surface area contributed by atoms with Crippen LogP contribution in [0.2, 0.25) is 0 Å². The van der Waals surface area contributed by atoms with E-state index >= 15 is 0 Å². The van der Waals surface area contributed by atoms with Crippen molar-refractivity contribution in [3.63, 3.8) is 0 Å². The Balaban J connectivity index is 1.92. The van der Waals surface area contributed by atoms with Crippen LogP contribution in [0.1, 0.15) is 29.8 Å². The van der Waals surface area contributed by atoms with E-state index in [-0.39, 0.29) is 11.6 Å². The van der Waals surface area contributed by atoms with Gasteiger partial charge in [-0.05, 0) is 12.5 Å². The number of benzene rings is 1. The number of nitrogens with one attached hydrogen (secondary N) is 1. The summed E-state index contributed by atoms with van der Waals surface area (Å²) in [7, 11) is 1.85. The predicted molar refractivity (Wildman–Crippen MR) is 77.7 cm³/mol. The highest BCUT2D eigenvalue weighted by Crippen LogP contribution is 2.36. The molecule has 3 rings (SSSR count). The molecule has 1 aliphatic rings. The molecule has 1 aromatic heterocycles. The fourth-order valence-electron chi connectivity index (χ4n) is 2.63. The van der Waals surface area contributed by atoms with Crippen LogP contribution in [0, 0.1) is 6.92 Å². The van der Waals surface area contributed by atoms with E-state index in [2.05, 4.69) is 4.98 Å². The topological polar surface area (TPSA) is 67.3 Å². The second-order valence-electron chi connectivity index (χ2n) is 5.25. The first-order chi connectivity index (χ1) is 10.1. The minimum atomic E-state index is -0.447. The molecule has 2 atom stereocenters. The van der Waals surface area contributed by atoms with Crippen LogP contribution >= 0.6 is 0 Å². The highest BCUT2D eigenvalue weighted by molar-refractivity contribution is 5.19. The Hall–Kier alpha value is -2.18. The van der Waals surface area contributed by atoms with Gasteiger partial charge in [-0.25, -0.2) is 4.79 Å². The summed E-state index contributed by atoms with van der Waals surface area (Å²) in [5.41, 5.74) is 0.820. The SMILES string of the molecule is Cc1cn([C@@H]2C[C@H](c3ccccc3)N(C)O2)c(=O)[nH]c1=O. The summed E-state index contributed by atoms with van der Waals surface area (Å²) in [6.07, 6.45) is 1.78. The van der Waals surface area contributed by atoms with Gasteiger partial charge in [-0.15, -0.1) is 0 Å². The number of hydroxylamine groups is 2. The second kappa shape index (κ2) is 5.31. The minimum Gasteiger partial charge on any atom is -0.274 e. The molecule has 0 unspecified atom stereocenters. The Morgan fingerprint density at radius 1 is 1.24 bits per heavy atom. The molecule has 0 radical (unpaired) electrons. The van der Waals surface area contributed by atoms with Gasteiger partial charge in [0.1, 0.15) is 0 Å². The van der Waals surface area contributed by atoms with Crippen molar-refractivity contribution in [2.24, 2.45) is 0 Å². The second-order valence-corrected chi connectivity index (χ2v) is 5.25. The molecular formula is C15H17N3O3. The van der Waals surface area contributed by atoms with Crippen molar-refractivity contribution in [3.05, 3.63) is 68.5 Å². The van der Waals surface area contributed by atoms with Crippen molar-refractivity contribution in [1.82, 2.24) is 14.6 Å². The summed E-state index contributed by atoms with van der Waals surface area (Å²) >= 11 is 0. The van der Waals surface area contributed by atoms with E-state index in [0.29, 0.717) is 12.0 Å². The zero-order chi connectivity index (χ0) is 15.0. The summed E-state index contributed by atoms with van der Waals surface area (Å²) in [5.74, 6) is 0. The van der Waals surface area contributed by atoms with Crippen molar-refractivity contribution in [2.75, 3.05) is 7.05 Å². The van der Waals surface area contributed by atoms with Gasteiger partial charge in [0.2, 0.25) is 0 Å². The molecule has 0 bridgehead atoms. The zero-order valence-corrected chi connectivity index (χ0v) is 11.9. The lowest BCUT2D eigenvalue weighted by atomic mass is 10.0. The number of H-pyrrole nitrogens is 1. The van der Waals surface area contributed by atoms with Gasteiger partial charge < -0.3 is 0 Å². The number of aryl methyl sites for hydroxylation is 1. The monoisotopic (exact) mass is 287 g/mol. The first-order valence-electron chi connectivity index (χ1n) is 6.83. The summed E-state index contributed by atoms with van der Waals surface area (Å²) in [6, 6.07) is 10.1. The van der Waals surface area contributed by atoms with Gasteiger partial charge in [0.25, 0.3) is 5.56 Å². The molecule has 0 saturated carbocycles. The summed E-state index contributed by atoms with van der Waals surface area (Å²) < 4.78 is 1.44. The van der Waals surface area contributed by atoms with Crippen LogP contribution < -0.4 is 11.2 Å². The molecule has 2 aromatic rings. The normalized spacial score (nSPS) is 22.6. The smallest absolute Gasteiger partial charge is 0.274 e. The van der Waals surface area contributed by atoms with E-state index < -0.39 is 11.9 Å². The van der Waals surface area contributed by atoms with Crippen LogP contribution in [0.15, 0.2) is 46.1 Å². The standard InChI is InChI=1S/C15H17N3O3/c1-10-9-18(15(20)16-14(10)19)13-8-12(17(2)21-13)11-6-4-3-5-7-11/h3-7,9,12-13H,8H2,1-2H3,(H,16,19,20)/t12-,13+/m1/s1. The lowest BCUT2D eigenvalue weighted by Gasteiger charge is -2.17. The zero-order valence-electron chi connectivity index (χ0n) is 11.9. The fraction of sp³-hybridized carbons (Fsp3) is 0.333. The first kappa shape index (κ1) is 13.8. The van der Waals surface area contributed by atoms with Gasteiger partial charge in [-0.2, -0.15) is 5.06 Å². The van der Waals surface area contributed by atoms with Gasteiger partial charge >= 0.3 is 5.69 Å². The Morgan fingerprint density at radius 3 is 2.67 bits per heavy atom. The molecule has 1 N–H and O–H groups in total. The summed E-state index contributed by atoms with van der Waals surface area (Å²) in [6.45, 7) is 1.67. The van der Waals surface area contributed by atoms with Crippen molar-refractivity contribution in [1.29, 1.82) is 0 Å². The molecule has 1 saturated heterocycles. The van der Waals surface area contributed by atoms with E-state index in [4.69, 9.17) is 4.84 Å². The number of rotatable bonds is 2. The molecule has 0 aliphatic carbocycles. The quantitative estimate of drug-likeness (QED) is 0.905. The van der Waals surface area contributed by atoms with Gasteiger partial charge in [0.15, 0.2) is 6.23 Å². The maximum atomic E-state index is 11.9. The average Bonchev–Trinajstić information content (AvgIpc) is 2.85. The van der Waals surface area contributed by atoms with E-state index in [1.165, 1.54) is 4.57 Å². The first-order valence-corrected chi connectivity index (χ1v) is 6.83. The van der Waals surface area contributed by atoms with Crippen LogP contribution in [0.5, 0.6) is 0 Å². The Morgan fingerprint density at radius 2 is 1.95 bits per heavy atom. The van der Waals surface area contributed by atoms with Crippen molar-refractivity contribution in [2.45, 2.75) is 25.6 Å². The van der Waals surface area contributed by atoms with Crippen molar-refractivity contribution < 1.29 is 4.84 Å². The Labute approximate surface area is 121 Å². The van der Waals surface area contributed by atoms with E-state index in [9.17, 15) is 9.59 Å². The molecule has 21 heavy (non-hydrogen) atoms. The third kappa shape index (κ3) is 2.55. The van der Waals surface area contributed by atoms with E-state index in [1.54, 1.807) is 18.2 Å². The summed E-state index contributed by atoms with van der Waals surface area (Å²) in [4.78, 5) is 31.4.